The normalized spacial score (nSPS) is 13.3. The summed E-state index contributed by atoms with van der Waals surface area (Å²) in [6, 6.07) is 16.5. The molecule has 3 aromatic rings. The smallest absolute Gasteiger partial charge is 0.251 e. The SMILES string of the molecule is Cc1nn(-c2ccccc2)c(C)c1NC(=O)CNC(=O)c1ccc(N2CCCC2=O)cc1. The molecule has 1 aromatic heterocycles. The summed E-state index contributed by atoms with van der Waals surface area (Å²) >= 11 is 0. The maximum atomic E-state index is 12.5. The molecular weight excluding hydrogens is 406 g/mol. The number of carbonyl (C=O) groups excluding carboxylic acids is 3. The summed E-state index contributed by atoms with van der Waals surface area (Å²) in [4.78, 5) is 38.5. The number of amides is 3. The largest absolute Gasteiger partial charge is 0.343 e. The Labute approximate surface area is 186 Å². The Bertz CT molecular complexity index is 1150. The second-order valence-corrected chi connectivity index (χ2v) is 7.72. The molecule has 8 heteroatoms. The van der Waals surface area contributed by atoms with Gasteiger partial charge in [-0.2, -0.15) is 5.10 Å². The molecular formula is C24H25N5O3. The Morgan fingerprint density at radius 1 is 1.00 bits per heavy atom. The van der Waals surface area contributed by atoms with Crippen molar-refractivity contribution in [2.75, 3.05) is 23.3 Å². The van der Waals surface area contributed by atoms with Crippen molar-refractivity contribution in [3.8, 4) is 5.69 Å². The van der Waals surface area contributed by atoms with Crippen LogP contribution >= 0.6 is 0 Å². The van der Waals surface area contributed by atoms with E-state index in [1.807, 2.05) is 44.2 Å². The van der Waals surface area contributed by atoms with Gasteiger partial charge in [-0.05, 0) is 56.7 Å². The first-order valence-electron chi connectivity index (χ1n) is 10.5. The van der Waals surface area contributed by atoms with E-state index in [4.69, 9.17) is 0 Å². The van der Waals surface area contributed by atoms with Crippen molar-refractivity contribution < 1.29 is 14.4 Å². The van der Waals surface area contributed by atoms with Crippen LogP contribution in [0.15, 0.2) is 54.6 Å². The van der Waals surface area contributed by atoms with E-state index in [2.05, 4.69) is 15.7 Å². The molecule has 2 heterocycles. The minimum atomic E-state index is -0.354. The lowest BCUT2D eigenvalue weighted by molar-refractivity contribution is -0.117. The lowest BCUT2D eigenvalue weighted by Crippen LogP contribution is -2.33. The number of para-hydroxylation sites is 1. The molecule has 8 nitrogen and oxygen atoms in total. The third-order valence-corrected chi connectivity index (χ3v) is 5.48. The Morgan fingerprint density at radius 2 is 1.72 bits per heavy atom. The highest BCUT2D eigenvalue weighted by Gasteiger charge is 2.22. The number of hydrogen-bond donors (Lipinski definition) is 2. The number of anilines is 2. The Balaban J connectivity index is 1.36. The monoisotopic (exact) mass is 431 g/mol. The third kappa shape index (κ3) is 4.39. The predicted octanol–water partition coefficient (Wildman–Crippen LogP) is 2.98. The van der Waals surface area contributed by atoms with Crippen LogP contribution in [0, 0.1) is 13.8 Å². The Kier molecular flexibility index (Phi) is 6.02. The standard InChI is InChI=1S/C24H25N5O3/c1-16-23(17(2)29(27-16)20-7-4-3-5-8-20)26-21(30)15-25-24(32)18-10-12-19(13-11-18)28-14-6-9-22(28)31/h3-5,7-8,10-13H,6,9,14-15H2,1-2H3,(H,25,32)(H,26,30). The van der Waals surface area contributed by atoms with Gasteiger partial charge in [-0.3, -0.25) is 14.4 Å². The summed E-state index contributed by atoms with van der Waals surface area (Å²) in [7, 11) is 0. The summed E-state index contributed by atoms with van der Waals surface area (Å²) in [5.41, 5.74) is 4.24. The van der Waals surface area contributed by atoms with Gasteiger partial charge in [0.15, 0.2) is 0 Å². The van der Waals surface area contributed by atoms with Gasteiger partial charge in [0.05, 0.1) is 29.3 Å². The molecule has 1 saturated heterocycles. The molecule has 3 amide bonds. The van der Waals surface area contributed by atoms with Gasteiger partial charge in [-0.25, -0.2) is 4.68 Å². The van der Waals surface area contributed by atoms with Crippen molar-refractivity contribution in [2.45, 2.75) is 26.7 Å². The zero-order chi connectivity index (χ0) is 22.7. The number of carbonyl (C=O) groups is 3. The number of aromatic nitrogens is 2. The van der Waals surface area contributed by atoms with Crippen molar-refractivity contribution in [2.24, 2.45) is 0 Å². The van der Waals surface area contributed by atoms with Crippen LogP contribution < -0.4 is 15.5 Å². The molecule has 4 rings (SSSR count). The van der Waals surface area contributed by atoms with Crippen LogP contribution in [0.1, 0.15) is 34.6 Å². The van der Waals surface area contributed by atoms with Crippen LogP contribution in [0.5, 0.6) is 0 Å². The van der Waals surface area contributed by atoms with E-state index in [0.29, 0.717) is 29.9 Å². The minimum Gasteiger partial charge on any atom is -0.343 e. The van der Waals surface area contributed by atoms with Crippen molar-refractivity contribution in [1.29, 1.82) is 0 Å². The summed E-state index contributed by atoms with van der Waals surface area (Å²) < 4.78 is 1.77. The van der Waals surface area contributed by atoms with Crippen LogP contribution in [0.2, 0.25) is 0 Å². The quantitative estimate of drug-likeness (QED) is 0.627. The first-order valence-corrected chi connectivity index (χ1v) is 10.5. The van der Waals surface area contributed by atoms with E-state index < -0.39 is 0 Å². The van der Waals surface area contributed by atoms with Gasteiger partial charge in [-0.1, -0.05) is 18.2 Å². The highest BCUT2D eigenvalue weighted by molar-refractivity contribution is 6.00. The molecule has 0 spiro atoms. The first-order chi connectivity index (χ1) is 15.4. The average Bonchev–Trinajstić information content (AvgIpc) is 3.36. The van der Waals surface area contributed by atoms with E-state index in [9.17, 15) is 14.4 Å². The van der Waals surface area contributed by atoms with Gasteiger partial charge in [0.25, 0.3) is 5.91 Å². The van der Waals surface area contributed by atoms with Crippen LogP contribution in [0.3, 0.4) is 0 Å². The summed E-state index contributed by atoms with van der Waals surface area (Å²) in [5, 5.41) is 9.99. The molecule has 32 heavy (non-hydrogen) atoms. The van der Waals surface area contributed by atoms with Crippen molar-refractivity contribution in [3.05, 3.63) is 71.5 Å². The number of nitrogens with one attached hydrogen (secondary N) is 2. The molecule has 0 saturated carbocycles. The zero-order valence-electron chi connectivity index (χ0n) is 18.1. The topological polar surface area (TPSA) is 96.3 Å². The van der Waals surface area contributed by atoms with Gasteiger partial charge in [-0.15, -0.1) is 0 Å². The molecule has 2 N–H and O–H groups in total. The lowest BCUT2D eigenvalue weighted by atomic mass is 10.2. The predicted molar refractivity (Wildman–Crippen MR) is 122 cm³/mol. The molecule has 1 aliphatic rings. The van der Waals surface area contributed by atoms with Crippen molar-refractivity contribution in [3.63, 3.8) is 0 Å². The molecule has 0 unspecified atom stereocenters. The highest BCUT2D eigenvalue weighted by Crippen LogP contribution is 2.23. The average molecular weight is 431 g/mol. The van der Waals surface area contributed by atoms with Crippen LogP contribution in [-0.2, 0) is 9.59 Å². The molecule has 1 aliphatic heterocycles. The fraction of sp³-hybridized carbons (Fsp3) is 0.250. The number of aryl methyl sites for hydroxylation is 1. The summed E-state index contributed by atoms with van der Waals surface area (Å²) in [6.07, 6.45) is 1.40. The molecule has 0 bridgehead atoms. The van der Waals surface area contributed by atoms with E-state index in [-0.39, 0.29) is 24.3 Å². The molecule has 0 atom stereocenters. The van der Waals surface area contributed by atoms with E-state index >= 15 is 0 Å². The lowest BCUT2D eigenvalue weighted by Gasteiger charge is -2.15. The van der Waals surface area contributed by atoms with Crippen molar-refractivity contribution in [1.82, 2.24) is 15.1 Å². The Hall–Kier alpha value is -3.94. The molecule has 0 radical (unpaired) electrons. The Morgan fingerprint density at radius 3 is 2.38 bits per heavy atom. The van der Waals surface area contributed by atoms with Crippen molar-refractivity contribution >= 4 is 29.1 Å². The van der Waals surface area contributed by atoms with E-state index in [0.717, 1.165) is 23.5 Å². The minimum absolute atomic E-state index is 0.0973. The van der Waals surface area contributed by atoms with E-state index in [1.54, 1.807) is 33.8 Å². The zero-order valence-corrected chi connectivity index (χ0v) is 18.1. The van der Waals surface area contributed by atoms with Crippen LogP contribution in [0.25, 0.3) is 5.69 Å². The van der Waals surface area contributed by atoms with Gasteiger partial charge >= 0.3 is 0 Å². The first kappa shape index (κ1) is 21.3. The van der Waals surface area contributed by atoms with Crippen LogP contribution in [0.4, 0.5) is 11.4 Å². The van der Waals surface area contributed by atoms with Gasteiger partial charge in [0.1, 0.15) is 0 Å². The number of benzene rings is 2. The second kappa shape index (κ2) is 9.05. The maximum Gasteiger partial charge on any atom is 0.251 e. The highest BCUT2D eigenvalue weighted by atomic mass is 16.2. The molecule has 164 valence electrons. The third-order valence-electron chi connectivity index (χ3n) is 5.48. The summed E-state index contributed by atoms with van der Waals surface area (Å²) in [6.45, 7) is 4.24. The molecule has 1 fully saturated rings. The summed E-state index contributed by atoms with van der Waals surface area (Å²) in [5.74, 6) is -0.593. The van der Waals surface area contributed by atoms with Crippen LogP contribution in [-0.4, -0.2) is 40.6 Å². The fourth-order valence-corrected chi connectivity index (χ4v) is 3.80. The van der Waals surface area contributed by atoms with Gasteiger partial charge in [0, 0.05) is 24.2 Å². The fourth-order valence-electron chi connectivity index (χ4n) is 3.80. The number of rotatable bonds is 6. The maximum absolute atomic E-state index is 12.5. The van der Waals surface area contributed by atoms with Gasteiger partial charge in [0.2, 0.25) is 11.8 Å². The molecule has 0 aliphatic carbocycles. The number of nitrogens with zero attached hydrogens (tertiary/aromatic N) is 3. The van der Waals surface area contributed by atoms with E-state index in [1.165, 1.54) is 0 Å². The number of hydrogen-bond acceptors (Lipinski definition) is 4. The van der Waals surface area contributed by atoms with Gasteiger partial charge < -0.3 is 15.5 Å². The second-order valence-electron chi connectivity index (χ2n) is 7.72. The molecule has 2 aromatic carbocycles.